The van der Waals surface area contributed by atoms with Gasteiger partial charge in [0.2, 0.25) is 26.6 Å². The van der Waals surface area contributed by atoms with Gasteiger partial charge >= 0.3 is 0 Å². The Morgan fingerprint density at radius 1 is 0.871 bits per heavy atom. The van der Waals surface area contributed by atoms with E-state index in [-0.39, 0.29) is 27.3 Å². The third kappa shape index (κ3) is 4.49. The van der Waals surface area contributed by atoms with Gasteiger partial charge in [0, 0.05) is 6.54 Å². The first-order valence-corrected chi connectivity index (χ1v) is 11.0. The maximum atomic E-state index is 14.2. The molecule has 0 radical (unpaired) electrons. The predicted octanol–water partition coefficient (Wildman–Crippen LogP) is 5.11. The molecule has 0 aliphatic carbocycles. The van der Waals surface area contributed by atoms with E-state index in [4.69, 9.17) is 4.42 Å². The molecule has 4 aromatic rings. The van der Waals surface area contributed by atoms with Crippen LogP contribution in [0.4, 0.5) is 14.7 Å². The molecule has 0 bridgehead atoms. The van der Waals surface area contributed by atoms with E-state index in [0.29, 0.717) is 13.0 Å². The highest BCUT2D eigenvalue weighted by atomic mass is 32.2. The molecule has 1 heterocycles. The zero-order valence-electron chi connectivity index (χ0n) is 16.3. The van der Waals surface area contributed by atoms with Gasteiger partial charge in [0.05, 0.1) is 10.5 Å². The van der Waals surface area contributed by atoms with Crippen LogP contribution in [0.5, 0.6) is 0 Å². The summed E-state index contributed by atoms with van der Waals surface area (Å²) < 4.78 is 59.4. The van der Waals surface area contributed by atoms with Crippen molar-refractivity contribution in [3.63, 3.8) is 0 Å². The van der Waals surface area contributed by atoms with Crippen molar-refractivity contribution in [3.8, 4) is 11.5 Å². The number of aromatic nitrogens is 1. The van der Waals surface area contributed by atoms with Crippen LogP contribution in [-0.2, 0) is 16.3 Å². The molecular weight excluding hydrogens is 422 g/mol. The minimum atomic E-state index is -4.14. The first-order chi connectivity index (χ1) is 14.9. The Kier molecular flexibility index (Phi) is 5.81. The highest BCUT2D eigenvalue weighted by molar-refractivity contribution is 7.91. The molecule has 158 valence electrons. The van der Waals surface area contributed by atoms with Crippen LogP contribution in [0.25, 0.3) is 11.5 Å². The van der Waals surface area contributed by atoms with Gasteiger partial charge in [-0.1, -0.05) is 42.5 Å². The average Bonchev–Trinajstić information content (AvgIpc) is 3.20. The summed E-state index contributed by atoms with van der Waals surface area (Å²) in [5.74, 6) is -1.42. The van der Waals surface area contributed by atoms with Gasteiger partial charge in [-0.05, 0) is 48.4 Å². The number of sulfone groups is 1. The van der Waals surface area contributed by atoms with Crippen LogP contribution >= 0.6 is 0 Å². The highest BCUT2D eigenvalue weighted by Gasteiger charge is 2.29. The Labute approximate surface area is 178 Å². The molecule has 0 aliphatic heterocycles. The van der Waals surface area contributed by atoms with Crippen LogP contribution in [-0.4, -0.2) is 19.9 Å². The van der Waals surface area contributed by atoms with Gasteiger partial charge in [-0.2, -0.15) is 4.98 Å². The van der Waals surface area contributed by atoms with E-state index < -0.39 is 21.5 Å². The zero-order valence-corrected chi connectivity index (χ0v) is 17.1. The van der Waals surface area contributed by atoms with E-state index in [9.17, 15) is 17.2 Å². The predicted molar refractivity (Wildman–Crippen MR) is 112 cm³/mol. The molecule has 8 heteroatoms. The van der Waals surface area contributed by atoms with E-state index in [1.54, 1.807) is 6.07 Å². The summed E-state index contributed by atoms with van der Waals surface area (Å²) in [6.45, 7) is 0.363. The number of nitrogens with one attached hydrogen (secondary N) is 1. The highest BCUT2D eigenvalue weighted by Crippen LogP contribution is 2.33. The van der Waals surface area contributed by atoms with Crippen LogP contribution in [0, 0.1) is 11.6 Å². The van der Waals surface area contributed by atoms with Crippen LogP contribution in [0.15, 0.2) is 93.2 Å². The van der Waals surface area contributed by atoms with Gasteiger partial charge in [-0.3, -0.25) is 0 Å². The van der Waals surface area contributed by atoms with Crippen LogP contribution in [0.2, 0.25) is 0 Å². The molecule has 0 amide bonds. The molecule has 0 fully saturated rings. The molecule has 4 rings (SSSR count). The standard InChI is InChI=1S/C23H18F2N2O3S/c24-17-10-12-18(13-11-17)31(28,29)23-22(26-15-14-16-6-2-1-3-7-16)30-21(27-23)19-8-4-5-9-20(19)25/h1-13,26H,14-15H2. The van der Waals surface area contributed by atoms with Crippen molar-refractivity contribution < 1.29 is 21.6 Å². The molecule has 31 heavy (non-hydrogen) atoms. The van der Waals surface area contributed by atoms with E-state index >= 15 is 0 Å². The topological polar surface area (TPSA) is 72.2 Å². The van der Waals surface area contributed by atoms with Gasteiger partial charge in [-0.25, -0.2) is 17.2 Å². The van der Waals surface area contributed by atoms with Crippen LogP contribution in [0.1, 0.15) is 5.56 Å². The Morgan fingerprint density at radius 3 is 2.26 bits per heavy atom. The lowest BCUT2D eigenvalue weighted by molar-refractivity contribution is 0.567. The minimum Gasteiger partial charge on any atom is -0.419 e. The molecule has 0 atom stereocenters. The lowest BCUT2D eigenvalue weighted by atomic mass is 10.1. The number of rotatable bonds is 7. The monoisotopic (exact) mass is 440 g/mol. The fraction of sp³-hybridized carbons (Fsp3) is 0.0870. The maximum absolute atomic E-state index is 14.2. The lowest BCUT2D eigenvalue weighted by Gasteiger charge is -2.06. The second-order valence-corrected chi connectivity index (χ2v) is 8.62. The summed E-state index contributed by atoms with van der Waals surface area (Å²) in [6.07, 6.45) is 0.604. The zero-order chi connectivity index (χ0) is 21.8. The molecular formula is C23H18F2N2O3S. The van der Waals surface area contributed by atoms with E-state index in [1.807, 2.05) is 30.3 Å². The van der Waals surface area contributed by atoms with Crippen LogP contribution in [0.3, 0.4) is 0 Å². The summed E-state index contributed by atoms with van der Waals surface area (Å²) in [6, 6.07) is 19.8. The van der Waals surface area contributed by atoms with Crippen LogP contribution < -0.4 is 5.32 Å². The molecule has 1 aromatic heterocycles. The summed E-state index contributed by atoms with van der Waals surface area (Å²) in [5.41, 5.74) is 1.08. The van der Waals surface area contributed by atoms with Gasteiger partial charge in [0.25, 0.3) is 0 Å². The van der Waals surface area contributed by atoms with Gasteiger partial charge in [-0.15, -0.1) is 0 Å². The fourth-order valence-electron chi connectivity index (χ4n) is 3.04. The first-order valence-electron chi connectivity index (χ1n) is 9.49. The Morgan fingerprint density at radius 2 is 1.55 bits per heavy atom. The molecule has 0 saturated carbocycles. The van der Waals surface area contributed by atoms with Crippen molar-refractivity contribution in [3.05, 3.63) is 96.1 Å². The van der Waals surface area contributed by atoms with Crippen molar-refractivity contribution in [1.82, 2.24) is 4.98 Å². The summed E-state index contributed by atoms with van der Waals surface area (Å²) in [7, 11) is -4.14. The summed E-state index contributed by atoms with van der Waals surface area (Å²) in [4.78, 5) is 3.94. The van der Waals surface area contributed by atoms with Crippen molar-refractivity contribution in [2.75, 3.05) is 11.9 Å². The number of hydrogen-bond acceptors (Lipinski definition) is 5. The van der Waals surface area contributed by atoms with Gasteiger partial charge in [0.1, 0.15) is 11.6 Å². The fourth-order valence-corrected chi connectivity index (χ4v) is 4.32. The lowest BCUT2D eigenvalue weighted by Crippen LogP contribution is -2.09. The van der Waals surface area contributed by atoms with E-state index in [1.165, 1.54) is 18.2 Å². The molecule has 3 aromatic carbocycles. The number of nitrogens with zero attached hydrogens (tertiary/aromatic N) is 1. The quantitative estimate of drug-likeness (QED) is 0.405. The van der Waals surface area contributed by atoms with Gasteiger partial charge in [0.15, 0.2) is 0 Å². The molecule has 1 N–H and O–H groups in total. The molecule has 0 saturated heterocycles. The first kappa shape index (κ1) is 20.7. The largest absolute Gasteiger partial charge is 0.419 e. The normalized spacial score (nSPS) is 11.4. The molecule has 0 unspecified atom stereocenters. The number of benzene rings is 3. The number of hydrogen-bond donors (Lipinski definition) is 1. The second-order valence-electron chi connectivity index (χ2n) is 6.75. The smallest absolute Gasteiger partial charge is 0.233 e. The minimum absolute atomic E-state index is 0.0363. The van der Waals surface area contributed by atoms with Crippen molar-refractivity contribution in [2.24, 2.45) is 0 Å². The molecule has 0 aliphatic rings. The molecule has 0 spiro atoms. The summed E-state index contributed by atoms with van der Waals surface area (Å²) >= 11 is 0. The Balaban J connectivity index is 1.71. The van der Waals surface area contributed by atoms with Gasteiger partial charge < -0.3 is 9.73 Å². The second kappa shape index (κ2) is 8.69. The molecule has 5 nitrogen and oxygen atoms in total. The Bertz CT molecular complexity index is 1290. The Hall–Kier alpha value is -3.52. The number of anilines is 1. The SMILES string of the molecule is O=S(=O)(c1ccc(F)cc1)c1nc(-c2ccccc2F)oc1NCCc1ccccc1. The van der Waals surface area contributed by atoms with Crippen molar-refractivity contribution >= 4 is 15.7 Å². The third-order valence-corrected chi connectivity index (χ3v) is 6.30. The number of halogens is 2. The average molecular weight is 440 g/mol. The van der Waals surface area contributed by atoms with E-state index in [0.717, 1.165) is 29.8 Å². The van der Waals surface area contributed by atoms with Crippen molar-refractivity contribution in [1.29, 1.82) is 0 Å². The van der Waals surface area contributed by atoms with Crippen molar-refractivity contribution in [2.45, 2.75) is 16.3 Å². The summed E-state index contributed by atoms with van der Waals surface area (Å²) in [5, 5.41) is 2.57. The third-order valence-electron chi connectivity index (χ3n) is 4.62. The maximum Gasteiger partial charge on any atom is 0.233 e. The number of oxazole rings is 1. The van der Waals surface area contributed by atoms with E-state index in [2.05, 4.69) is 10.3 Å².